The molecular weight excluding hydrogens is 472 g/mol. The Kier molecular flexibility index (Phi) is 23.4. The molecule has 1 amide bonds. The van der Waals surface area contributed by atoms with Crippen LogP contribution >= 0.6 is 0 Å². The Morgan fingerprint density at radius 1 is 0.789 bits per heavy atom. The molecule has 0 aromatic rings. The number of hydrogen-bond donors (Lipinski definition) is 2. The van der Waals surface area contributed by atoms with Gasteiger partial charge in [0.25, 0.3) is 0 Å². The van der Waals surface area contributed by atoms with E-state index in [9.17, 15) is 4.79 Å². The van der Waals surface area contributed by atoms with Crippen molar-refractivity contribution in [3.8, 4) is 0 Å². The SMILES string of the molecule is CCC=CCC=CCC=CCC=CCC=CCC=CCCC(=O)NCCN(CCN)CCN1CCOCC1. The van der Waals surface area contributed by atoms with Gasteiger partial charge < -0.3 is 15.8 Å². The zero-order valence-corrected chi connectivity index (χ0v) is 23.9. The first-order valence-electron chi connectivity index (χ1n) is 14.7. The van der Waals surface area contributed by atoms with E-state index in [0.29, 0.717) is 19.5 Å². The van der Waals surface area contributed by atoms with Gasteiger partial charge in [0.2, 0.25) is 5.91 Å². The normalized spacial score (nSPS) is 15.7. The van der Waals surface area contributed by atoms with Crippen LogP contribution in [0.1, 0.15) is 58.3 Å². The van der Waals surface area contributed by atoms with Crippen LogP contribution in [0, 0.1) is 0 Å². The van der Waals surface area contributed by atoms with Crippen LogP contribution < -0.4 is 11.1 Å². The molecule has 0 bridgehead atoms. The van der Waals surface area contributed by atoms with Crippen molar-refractivity contribution in [2.45, 2.75) is 58.3 Å². The summed E-state index contributed by atoms with van der Waals surface area (Å²) >= 11 is 0. The molecule has 0 saturated carbocycles. The number of hydrogen-bond acceptors (Lipinski definition) is 5. The highest BCUT2D eigenvalue weighted by atomic mass is 16.5. The summed E-state index contributed by atoms with van der Waals surface area (Å²) in [6, 6.07) is 0. The molecule has 1 aliphatic heterocycles. The first kappa shape index (κ1) is 33.8. The predicted octanol–water partition coefficient (Wildman–Crippen LogP) is 5.17. The third-order valence-corrected chi connectivity index (χ3v) is 6.17. The van der Waals surface area contributed by atoms with Crippen molar-refractivity contribution in [3.63, 3.8) is 0 Å². The first-order chi connectivity index (χ1) is 18.8. The van der Waals surface area contributed by atoms with Gasteiger partial charge >= 0.3 is 0 Å². The zero-order chi connectivity index (χ0) is 27.4. The summed E-state index contributed by atoms with van der Waals surface area (Å²) in [5, 5.41) is 3.05. The topological polar surface area (TPSA) is 70.8 Å². The van der Waals surface area contributed by atoms with Gasteiger partial charge in [-0.1, -0.05) is 79.8 Å². The highest BCUT2D eigenvalue weighted by Crippen LogP contribution is 1.99. The molecule has 0 aliphatic carbocycles. The van der Waals surface area contributed by atoms with Crippen LogP contribution in [0.25, 0.3) is 0 Å². The summed E-state index contributed by atoms with van der Waals surface area (Å²) < 4.78 is 5.41. The zero-order valence-electron chi connectivity index (χ0n) is 23.9. The maximum absolute atomic E-state index is 12.1. The van der Waals surface area contributed by atoms with E-state index in [1.807, 2.05) is 0 Å². The largest absolute Gasteiger partial charge is 0.379 e. The van der Waals surface area contributed by atoms with E-state index in [1.54, 1.807) is 0 Å². The molecule has 0 unspecified atom stereocenters. The molecule has 1 fully saturated rings. The van der Waals surface area contributed by atoms with Crippen LogP contribution in [0.4, 0.5) is 0 Å². The van der Waals surface area contributed by atoms with Gasteiger partial charge in [0, 0.05) is 58.8 Å². The van der Waals surface area contributed by atoms with Gasteiger partial charge in [0.1, 0.15) is 0 Å². The summed E-state index contributed by atoms with van der Waals surface area (Å²) in [7, 11) is 0. The number of rotatable bonds is 22. The predicted molar refractivity (Wildman–Crippen MR) is 163 cm³/mol. The number of allylic oxidation sites excluding steroid dienone is 12. The monoisotopic (exact) mass is 526 g/mol. The van der Waals surface area contributed by atoms with Crippen LogP contribution in [0.5, 0.6) is 0 Å². The summed E-state index contributed by atoms with van der Waals surface area (Å²) in [6.45, 7) is 10.8. The van der Waals surface area contributed by atoms with Crippen LogP contribution in [0.2, 0.25) is 0 Å². The fraction of sp³-hybridized carbons (Fsp3) is 0.594. The minimum Gasteiger partial charge on any atom is -0.379 e. The Morgan fingerprint density at radius 2 is 1.32 bits per heavy atom. The second-order valence-electron chi connectivity index (χ2n) is 9.39. The van der Waals surface area contributed by atoms with Gasteiger partial charge in [-0.25, -0.2) is 0 Å². The van der Waals surface area contributed by atoms with E-state index in [4.69, 9.17) is 10.5 Å². The van der Waals surface area contributed by atoms with Gasteiger partial charge in [-0.15, -0.1) is 0 Å². The lowest BCUT2D eigenvalue weighted by Crippen LogP contribution is -2.44. The Bertz CT molecular complexity index is 734. The lowest BCUT2D eigenvalue weighted by atomic mass is 10.2. The highest BCUT2D eigenvalue weighted by molar-refractivity contribution is 5.75. The molecule has 1 aliphatic rings. The Labute approximate surface area is 233 Å². The minimum absolute atomic E-state index is 0.116. The Hall–Kier alpha value is -2.25. The van der Waals surface area contributed by atoms with Gasteiger partial charge in [-0.05, 0) is 44.9 Å². The van der Waals surface area contributed by atoms with Gasteiger partial charge in [0.15, 0.2) is 0 Å². The van der Waals surface area contributed by atoms with Crippen LogP contribution in [-0.2, 0) is 9.53 Å². The average Bonchev–Trinajstić information content (AvgIpc) is 2.93. The van der Waals surface area contributed by atoms with E-state index in [0.717, 1.165) is 97.4 Å². The van der Waals surface area contributed by atoms with Crippen molar-refractivity contribution in [1.29, 1.82) is 0 Å². The lowest BCUT2D eigenvalue weighted by Gasteiger charge is -2.30. The number of carbonyl (C=O) groups is 1. The molecule has 0 spiro atoms. The maximum Gasteiger partial charge on any atom is 0.220 e. The standard InChI is InChI=1S/C32H54N4O2/c1-2-3-4-5-6-7-8-9-10-11-12-13-14-15-16-17-18-19-20-21-32(37)34-23-25-35(24-22-33)26-27-36-28-30-38-31-29-36/h3-4,6-7,9-10,12-13,15-16,18-19H,2,5,8,11,14,17,20-31,33H2,1H3,(H,34,37). The van der Waals surface area contributed by atoms with Crippen molar-refractivity contribution in [2.24, 2.45) is 5.73 Å². The number of nitrogens with zero attached hydrogens (tertiary/aromatic N) is 2. The molecule has 6 nitrogen and oxygen atoms in total. The fourth-order valence-electron chi connectivity index (χ4n) is 3.92. The van der Waals surface area contributed by atoms with E-state index in [2.05, 4.69) is 95.0 Å². The third-order valence-electron chi connectivity index (χ3n) is 6.17. The first-order valence-corrected chi connectivity index (χ1v) is 14.7. The number of morpholine rings is 1. The molecule has 0 aromatic heterocycles. The molecule has 6 heteroatoms. The summed E-state index contributed by atoms with van der Waals surface area (Å²) in [5.74, 6) is 0.116. The second kappa shape index (κ2) is 26.4. The van der Waals surface area contributed by atoms with Crippen molar-refractivity contribution < 1.29 is 9.53 Å². The molecule has 1 saturated heterocycles. The average molecular weight is 527 g/mol. The summed E-state index contributed by atoms with van der Waals surface area (Å²) in [4.78, 5) is 16.9. The van der Waals surface area contributed by atoms with E-state index >= 15 is 0 Å². The molecule has 0 atom stereocenters. The van der Waals surface area contributed by atoms with Gasteiger partial charge in [-0.3, -0.25) is 14.6 Å². The molecule has 1 rings (SSSR count). The molecular formula is C32H54N4O2. The van der Waals surface area contributed by atoms with Crippen LogP contribution in [0.15, 0.2) is 72.9 Å². The van der Waals surface area contributed by atoms with E-state index < -0.39 is 0 Å². The second-order valence-corrected chi connectivity index (χ2v) is 9.39. The van der Waals surface area contributed by atoms with Crippen molar-refractivity contribution >= 4 is 5.91 Å². The number of amides is 1. The quantitative estimate of drug-likeness (QED) is 0.190. The lowest BCUT2D eigenvalue weighted by molar-refractivity contribution is -0.121. The fourth-order valence-corrected chi connectivity index (χ4v) is 3.92. The molecule has 1 heterocycles. The molecule has 214 valence electrons. The summed E-state index contributed by atoms with van der Waals surface area (Å²) in [6.07, 6.45) is 33.6. The van der Waals surface area contributed by atoms with Crippen molar-refractivity contribution in [3.05, 3.63) is 72.9 Å². The van der Waals surface area contributed by atoms with E-state index in [1.165, 1.54) is 0 Å². The van der Waals surface area contributed by atoms with E-state index in [-0.39, 0.29) is 5.91 Å². The van der Waals surface area contributed by atoms with Crippen LogP contribution in [0.3, 0.4) is 0 Å². The Balaban J connectivity index is 2.00. The third kappa shape index (κ3) is 21.8. The molecule has 38 heavy (non-hydrogen) atoms. The number of ether oxygens (including phenoxy) is 1. The van der Waals surface area contributed by atoms with Gasteiger partial charge in [-0.2, -0.15) is 0 Å². The van der Waals surface area contributed by atoms with Crippen molar-refractivity contribution in [1.82, 2.24) is 15.1 Å². The molecule has 0 radical (unpaired) electrons. The number of carbonyl (C=O) groups excluding carboxylic acids is 1. The molecule has 0 aromatic carbocycles. The summed E-state index contributed by atoms with van der Waals surface area (Å²) in [5.41, 5.74) is 5.77. The minimum atomic E-state index is 0.116. The number of nitrogens with two attached hydrogens (primary N) is 1. The van der Waals surface area contributed by atoms with Gasteiger partial charge in [0.05, 0.1) is 13.2 Å². The van der Waals surface area contributed by atoms with Crippen LogP contribution in [-0.4, -0.2) is 81.3 Å². The molecule has 3 N–H and O–H groups in total. The smallest absolute Gasteiger partial charge is 0.220 e. The maximum atomic E-state index is 12.1. The van der Waals surface area contributed by atoms with Crippen molar-refractivity contribution in [2.75, 3.05) is 65.6 Å². The Morgan fingerprint density at radius 3 is 1.84 bits per heavy atom. The number of nitrogens with one attached hydrogen (secondary N) is 1. The highest BCUT2D eigenvalue weighted by Gasteiger charge is 2.12.